The van der Waals surface area contributed by atoms with Crippen LogP contribution in [0.1, 0.15) is 13.0 Å². The molecule has 1 atom stereocenters. The van der Waals surface area contributed by atoms with E-state index < -0.39 is 6.04 Å². The number of nitrogens with two attached hydrogens (primary N) is 2. The second-order valence-electron chi connectivity index (χ2n) is 4.48. The summed E-state index contributed by atoms with van der Waals surface area (Å²) in [6.07, 6.45) is 0. The van der Waals surface area contributed by atoms with Gasteiger partial charge in [0.25, 0.3) is 5.91 Å². The minimum atomic E-state index is -0.603. The number of rotatable bonds is 3. The van der Waals surface area contributed by atoms with E-state index in [0.717, 1.165) is 5.52 Å². The molecule has 2 aromatic heterocycles. The fourth-order valence-electron chi connectivity index (χ4n) is 2.19. The van der Waals surface area contributed by atoms with Gasteiger partial charge in [-0.15, -0.1) is 0 Å². The zero-order valence-corrected chi connectivity index (χ0v) is 11.1. The number of nitrogen functional groups attached to an aromatic ring is 1. The van der Waals surface area contributed by atoms with Crippen LogP contribution in [-0.2, 0) is 4.79 Å². The van der Waals surface area contributed by atoms with E-state index in [9.17, 15) is 4.79 Å². The van der Waals surface area contributed by atoms with E-state index in [-0.39, 0.29) is 17.4 Å². The average Bonchev–Trinajstić information content (AvgIpc) is 3.08. The molecular weight excluding hydrogens is 274 g/mol. The Labute approximate surface area is 118 Å². The second-order valence-corrected chi connectivity index (χ2v) is 4.48. The molecule has 0 fully saturated rings. The first-order valence-electron chi connectivity index (χ1n) is 6.19. The summed E-state index contributed by atoms with van der Waals surface area (Å²) in [5.74, 6) is 5.35. The lowest BCUT2D eigenvalue weighted by molar-refractivity contribution is -0.123. The predicted molar refractivity (Wildman–Crippen MR) is 74.5 cm³/mol. The summed E-state index contributed by atoms with van der Waals surface area (Å²) in [5.41, 5.74) is 9.59. The number of hydrogen-bond donors (Lipinski definition) is 3. The van der Waals surface area contributed by atoms with Crippen molar-refractivity contribution in [2.45, 2.75) is 13.0 Å². The van der Waals surface area contributed by atoms with E-state index in [1.165, 1.54) is 0 Å². The Hall–Kier alpha value is -2.94. The van der Waals surface area contributed by atoms with Crippen molar-refractivity contribution in [3.8, 4) is 11.5 Å². The number of nitrogens with one attached hydrogen (secondary N) is 1. The van der Waals surface area contributed by atoms with Gasteiger partial charge >= 0.3 is 0 Å². The van der Waals surface area contributed by atoms with Gasteiger partial charge in [-0.1, -0.05) is 12.1 Å². The Morgan fingerprint density at radius 3 is 2.81 bits per heavy atom. The number of fused-ring (bicyclic) bond motifs is 1. The molecule has 3 rings (SSSR count). The maximum absolute atomic E-state index is 11.9. The molecule has 0 saturated heterocycles. The molecule has 0 radical (unpaired) electrons. The summed E-state index contributed by atoms with van der Waals surface area (Å²) in [5, 5.41) is 7.29. The lowest BCUT2D eigenvalue weighted by atomic mass is 10.2. The first-order valence-corrected chi connectivity index (χ1v) is 6.19. The Kier molecular flexibility index (Phi) is 3.03. The minimum absolute atomic E-state index is 0.104. The molecule has 0 saturated carbocycles. The second kappa shape index (κ2) is 4.87. The summed E-state index contributed by atoms with van der Waals surface area (Å²) in [7, 11) is 0. The van der Waals surface area contributed by atoms with Crippen LogP contribution in [0.5, 0.6) is 0 Å². The van der Waals surface area contributed by atoms with Crippen molar-refractivity contribution in [1.29, 1.82) is 0 Å². The Morgan fingerprint density at radius 1 is 1.38 bits per heavy atom. The highest BCUT2D eigenvalue weighted by molar-refractivity contribution is 5.87. The zero-order valence-electron chi connectivity index (χ0n) is 11.1. The number of hydrogen-bond acceptors (Lipinski definition) is 7. The summed E-state index contributed by atoms with van der Waals surface area (Å²) in [6, 6.07) is 6.76. The molecule has 5 N–H and O–H groups in total. The third-order valence-electron chi connectivity index (χ3n) is 3.23. The van der Waals surface area contributed by atoms with Crippen LogP contribution in [0.4, 0.5) is 5.82 Å². The summed E-state index contributed by atoms with van der Waals surface area (Å²) < 4.78 is 6.30. The van der Waals surface area contributed by atoms with Crippen molar-refractivity contribution >= 4 is 22.8 Å². The maximum Gasteiger partial charge on any atom is 0.256 e. The predicted octanol–water partition coefficient (Wildman–Crippen LogP) is 0.219. The smallest absolute Gasteiger partial charge is 0.256 e. The number of anilines is 1. The maximum atomic E-state index is 11.9. The molecule has 9 nitrogen and oxygen atoms in total. The highest BCUT2D eigenvalue weighted by atomic mass is 16.6. The van der Waals surface area contributed by atoms with E-state index in [4.69, 9.17) is 11.6 Å². The van der Waals surface area contributed by atoms with E-state index >= 15 is 0 Å². The first-order chi connectivity index (χ1) is 10.1. The lowest BCUT2D eigenvalue weighted by Gasteiger charge is -2.15. The quantitative estimate of drug-likeness (QED) is 0.356. The number of carbonyl (C=O) groups is 1. The normalized spacial score (nSPS) is 12.5. The Morgan fingerprint density at radius 2 is 2.14 bits per heavy atom. The lowest BCUT2D eigenvalue weighted by Crippen LogP contribution is -2.36. The molecule has 21 heavy (non-hydrogen) atoms. The third kappa shape index (κ3) is 1.99. The highest BCUT2D eigenvalue weighted by Crippen LogP contribution is 2.29. The van der Waals surface area contributed by atoms with Gasteiger partial charge < -0.3 is 10.3 Å². The van der Waals surface area contributed by atoms with Gasteiger partial charge in [-0.2, -0.15) is 0 Å². The topological polar surface area (TPSA) is 138 Å². The van der Waals surface area contributed by atoms with E-state index in [1.807, 2.05) is 24.3 Å². The number of imidazole rings is 1. The van der Waals surface area contributed by atoms with Gasteiger partial charge in [0.05, 0.1) is 11.0 Å². The molecule has 2 heterocycles. The van der Waals surface area contributed by atoms with Gasteiger partial charge in [-0.25, -0.2) is 15.5 Å². The monoisotopic (exact) mass is 287 g/mol. The average molecular weight is 287 g/mol. The molecule has 1 aromatic carbocycles. The molecular formula is C12H13N7O2. The van der Waals surface area contributed by atoms with Gasteiger partial charge in [-0.3, -0.25) is 10.2 Å². The zero-order chi connectivity index (χ0) is 15.0. The van der Waals surface area contributed by atoms with Gasteiger partial charge in [0.1, 0.15) is 6.04 Å². The number of para-hydroxylation sites is 2. The van der Waals surface area contributed by atoms with Gasteiger partial charge in [0.15, 0.2) is 17.3 Å². The molecule has 0 aliphatic carbocycles. The molecule has 0 spiro atoms. The fourth-order valence-corrected chi connectivity index (χ4v) is 2.19. The molecule has 9 heteroatoms. The van der Waals surface area contributed by atoms with Crippen molar-refractivity contribution in [3.63, 3.8) is 0 Å². The van der Waals surface area contributed by atoms with Crippen molar-refractivity contribution in [2.75, 3.05) is 5.73 Å². The molecule has 0 aliphatic rings. The fraction of sp³-hybridized carbons (Fsp3) is 0.167. The molecule has 3 aromatic rings. The van der Waals surface area contributed by atoms with Crippen molar-refractivity contribution < 1.29 is 9.42 Å². The van der Waals surface area contributed by atoms with Crippen LogP contribution >= 0.6 is 0 Å². The first kappa shape index (κ1) is 13.1. The van der Waals surface area contributed by atoms with Crippen molar-refractivity contribution in [1.82, 2.24) is 25.3 Å². The number of carbonyl (C=O) groups excluding carboxylic acids is 1. The van der Waals surface area contributed by atoms with E-state index in [0.29, 0.717) is 11.3 Å². The summed E-state index contributed by atoms with van der Waals surface area (Å²) >= 11 is 0. The standard InChI is InChI=1S/C12H13N7O2/c1-6(12(20)16-14)19-8-5-3-2-4-7(8)15-11(19)9-10(13)18-21-17-9/h2-6H,14H2,1H3,(H2,13,18)(H,16,20)/t6-/m0/s1. The van der Waals surface area contributed by atoms with Gasteiger partial charge in [0.2, 0.25) is 0 Å². The number of hydrazine groups is 1. The summed E-state index contributed by atoms with van der Waals surface area (Å²) in [6.45, 7) is 1.70. The largest absolute Gasteiger partial charge is 0.379 e. The van der Waals surface area contributed by atoms with Gasteiger partial charge in [-0.05, 0) is 29.4 Å². The SMILES string of the molecule is C[C@@H](C(=O)NN)n1c(-c2nonc2N)nc2ccccc21. The molecule has 0 unspecified atom stereocenters. The van der Waals surface area contributed by atoms with Crippen LogP contribution in [0.3, 0.4) is 0 Å². The van der Waals surface area contributed by atoms with Crippen LogP contribution in [0.2, 0.25) is 0 Å². The van der Waals surface area contributed by atoms with Crippen molar-refractivity contribution in [2.24, 2.45) is 5.84 Å². The highest BCUT2D eigenvalue weighted by Gasteiger charge is 2.25. The molecule has 108 valence electrons. The van der Waals surface area contributed by atoms with Crippen LogP contribution in [0, 0.1) is 0 Å². The van der Waals surface area contributed by atoms with Gasteiger partial charge in [0, 0.05) is 0 Å². The van der Waals surface area contributed by atoms with E-state index in [2.05, 4.69) is 25.4 Å². The van der Waals surface area contributed by atoms with Crippen LogP contribution in [0.15, 0.2) is 28.9 Å². The Bertz CT molecular complexity index is 807. The third-order valence-corrected chi connectivity index (χ3v) is 3.23. The number of aromatic nitrogens is 4. The van der Waals surface area contributed by atoms with Crippen LogP contribution in [-0.4, -0.2) is 25.8 Å². The van der Waals surface area contributed by atoms with Crippen LogP contribution < -0.4 is 17.0 Å². The molecule has 1 amide bonds. The molecule has 0 bridgehead atoms. The number of benzene rings is 1. The number of nitrogens with zero attached hydrogens (tertiary/aromatic N) is 4. The Balaban J connectivity index is 2.29. The van der Waals surface area contributed by atoms with Crippen LogP contribution in [0.25, 0.3) is 22.6 Å². The molecule has 0 aliphatic heterocycles. The van der Waals surface area contributed by atoms with Crippen molar-refractivity contribution in [3.05, 3.63) is 24.3 Å². The summed E-state index contributed by atoms with van der Waals surface area (Å²) in [4.78, 5) is 16.3. The van der Waals surface area contributed by atoms with E-state index in [1.54, 1.807) is 11.5 Å². The number of amides is 1. The minimum Gasteiger partial charge on any atom is -0.379 e.